The third-order valence-corrected chi connectivity index (χ3v) is 10.1. The van der Waals surface area contributed by atoms with E-state index >= 15 is 0 Å². The Bertz CT molecular complexity index is 913. The maximum absolute atomic E-state index is 13.3. The second-order valence-electron chi connectivity index (χ2n) is 6.72. The smallest absolute Gasteiger partial charge is 0.289 e. The number of hydrogen-bond acceptors (Lipinski definition) is 7. The first-order valence-electron chi connectivity index (χ1n) is 8.95. The Hall–Kier alpha value is -2.31. The minimum absolute atomic E-state index is 0.0207. The van der Waals surface area contributed by atoms with E-state index in [-0.39, 0.29) is 31.7 Å². The largest absolute Gasteiger partial charge is 0.399 e. The molecule has 2 rings (SSSR count). The van der Waals surface area contributed by atoms with Gasteiger partial charge in [0.15, 0.2) is 4.90 Å². The molecule has 0 atom stereocenters. The first-order chi connectivity index (χ1) is 13.8. The van der Waals surface area contributed by atoms with Crippen LogP contribution in [0.15, 0.2) is 59.5 Å². The second-order valence-corrected chi connectivity index (χ2v) is 13.0. The van der Waals surface area contributed by atoms with Gasteiger partial charge in [-0.3, -0.25) is 14.4 Å². The summed E-state index contributed by atoms with van der Waals surface area (Å²) in [4.78, 5) is 10.2. The Morgan fingerprint density at radius 3 is 2.03 bits per heavy atom. The first-order valence-corrected chi connectivity index (χ1v) is 13.2. The van der Waals surface area contributed by atoms with Gasteiger partial charge in [0, 0.05) is 31.3 Å². The topological polar surface area (TPSA) is 141 Å². The molecule has 0 spiro atoms. The summed E-state index contributed by atoms with van der Waals surface area (Å²) in [5, 5.41) is 39.9. The minimum Gasteiger partial charge on any atom is -0.399 e. The molecule has 0 aliphatic rings. The summed E-state index contributed by atoms with van der Waals surface area (Å²) in [6.07, 6.45) is -0.685. The van der Waals surface area contributed by atoms with Crippen LogP contribution < -0.4 is 4.31 Å². The highest BCUT2D eigenvalue weighted by Crippen LogP contribution is 2.30. The summed E-state index contributed by atoms with van der Waals surface area (Å²) in [6.45, 7) is -0.0207. The molecule has 0 saturated carbocycles. The first kappa shape index (κ1) is 23.0. The normalized spacial score (nSPS) is 12.0. The van der Waals surface area contributed by atoms with Gasteiger partial charge in [-0.05, 0) is 30.7 Å². The number of nitro groups is 1. The molecule has 0 aliphatic carbocycles. The predicted molar refractivity (Wildman–Crippen MR) is 111 cm³/mol. The van der Waals surface area contributed by atoms with E-state index in [1.807, 2.05) is 0 Å². The third-order valence-electron chi connectivity index (χ3n) is 4.75. The number of aliphatic hydroxyl groups is 3. The zero-order valence-corrected chi connectivity index (χ0v) is 17.5. The lowest BCUT2D eigenvalue weighted by atomic mass is 10.3. The fourth-order valence-corrected chi connectivity index (χ4v) is 6.26. The summed E-state index contributed by atoms with van der Waals surface area (Å²) >= 11 is 0. The number of nitrogens with zero attached hydrogens (tertiary/aromatic N) is 2. The van der Waals surface area contributed by atoms with E-state index in [4.69, 9.17) is 0 Å². The number of benzene rings is 2. The maximum Gasteiger partial charge on any atom is 0.289 e. The van der Waals surface area contributed by atoms with Crippen molar-refractivity contribution in [2.24, 2.45) is 0 Å². The number of nitro benzene ring substituents is 1. The van der Waals surface area contributed by atoms with Crippen molar-refractivity contribution in [3.05, 3.63) is 64.7 Å². The van der Waals surface area contributed by atoms with Crippen LogP contribution in [0, 0.1) is 10.1 Å². The summed E-state index contributed by atoms with van der Waals surface area (Å²) in [7, 11) is -6.96. The summed E-state index contributed by atoms with van der Waals surface area (Å²) in [5.74, 6) is 0. The molecule has 0 bridgehead atoms. The molecule has 2 aromatic rings. The van der Waals surface area contributed by atoms with Gasteiger partial charge in [-0.2, -0.15) is 0 Å². The molecule has 0 heterocycles. The summed E-state index contributed by atoms with van der Waals surface area (Å²) < 4.78 is 27.7. The number of para-hydroxylation sites is 2. The van der Waals surface area contributed by atoms with Gasteiger partial charge in [0.2, 0.25) is 0 Å². The van der Waals surface area contributed by atoms with Crippen LogP contribution in [0.2, 0.25) is 6.04 Å². The Labute approximate surface area is 170 Å². The Kier molecular flexibility index (Phi) is 7.87. The molecule has 3 N–H and O–H groups in total. The molecule has 9 nitrogen and oxygen atoms in total. The molecule has 0 radical (unpaired) electrons. The quantitative estimate of drug-likeness (QED) is 0.271. The van der Waals surface area contributed by atoms with E-state index in [0.717, 1.165) is 10.4 Å². The highest BCUT2D eigenvalue weighted by atomic mass is 32.2. The summed E-state index contributed by atoms with van der Waals surface area (Å²) in [6, 6.07) is 13.7. The highest BCUT2D eigenvalue weighted by molar-refractivity contribution is 7.93. The van der Waals surface area contributed by atoms with Crippen molar-refractivity contribution in [1.82, 2.24) is 0 Å². The number of rotatable bonds is 11. The monoisotopic (exact) mass is 440 g/mol. The predicted octanol–water partition coefficient (Wildman–Crippen LogP) is 1.22. The maximum atomic E-state index is 13.3. The van der Waals surface area contributed by atoms with Crippen LogP contribution in [0.4, 0.5) is 11.4 Å². The molecule has 2 aromatic carbocycles. The molecular formula is C18H24N2O7SSi. The number of sulfonamides is 1. The minimum atomic E-state index is -4.25. The molecule has 0 saturated heterocycles. The standard InChI is InChI=1S/C18H24N2O7SSi/c21-13-29(14-22,15-23)12-6-11-19(16-7-2-1-3-8-16)28(26,27)18-10-5-4-9-17(18)20(24)25/h1-5,7-10,21-23H,6,11-15H2. The third kappa shape index (κ3) is 5.19. The van der Waals surface area contributed by atoms with Crippen LogP contribution in [0.1, 0.15) is 6.42 Å². The van der Waals surface area contributed by atoms with Crippen LogP contribution in [0.3, 0.4) is 0 Å². The molecule has 0 amide bonds. The lowest BCUT2D eigenvalue weighted by Gasteiger charge is -2.28. The Balaban J connectivity index is 2.41. The van der Waals surface area contributed by atoms with Crippen LogP contribution in [-0.4, -0.2) is 62.0 Å². The van der Waals surface area contributed by atoms with E-state index in [9.17, 15) is 33.9 Å². The van der Waals surface area contributed by atoms with Gasteiger partial charge in [-0.25, -0.2) is 8.42 Å². The molecule has 0 aliphatic heterocycles. The SMILES string of the molecule is O=[N+]([O-])c1ccccc1S(=O)(=O)N(CCC[Si](CO)(CO)CO)c1ccccc1. The van der Waals surface area contributed by atoms with Gasteiger partial charge in [-0.15, -0.1) is 0 Å². The fourth-order valence-electron chi connectivity index (χ4n) is 2.91. The zero-order valence-electron chi connectivity index (χ0n) is 15.7. The molecule has 0 unspecified atom stereocenters. The Morgan fingerprint density at radius 2 is 1.48 bits per heavy atom. The zero-order chi connectivity index (χ0) is 21.5. The van der Waals surface area contributed by atoms with Crippen molar-refractivity contribution < 1.29 is 28.7 Å². The molecule has 0 aromatic heterocycles. The van der Waals surface area contributed by atoms with Crippen LogP contribution in [-0.2, 0) is 10.0 Å². The Morgan fingerprint density at radius 1 is 0.931 bits per heavy atom. The van der Waals surface area contributed by atoms with Gasteiger partial charge in [0.1, 0.15) is 8.07 Å². The van der Waals surface area contributed by atoms with Crippen molar-refractivity contribution in [1.29, 1.82) is 0 Å². The van der Waals surface area contributed by atoms with Crippen LogP contribution in [0.5, 0.6) is 0 Å². The van der Waals surface area contributed by atoms with Gasteiger partial charge in [-0.1, -0.05) is 30.3 Å². The number of aliphatic hydroxyl groups excluding tert-OH is 3. The molecular weight excluding hydrogens is 416 g/mol. The van der Waals surface area contributed by atoms with Crippen molar-refractivity contribution in [2.75, 3.05) is 29.5 Å². The summed E-state index contributed by atoms with van der Waals surface area (Å²) in [5.41, 5.74) is -0.173. The van der Waals surface area contributed by atoms with Crippen molar-refractivity contribution in [3.8, 4) is 0 Å². The van der Waals surface area contributed by atoms with Gasteiger partial charge >= 0.3 is 0 Å². The fraction of sp³-hybridized carbons (Fsp3) is 0.333. The second kappa shape index (κ2) is 9.94. The lowest BCUT2D eigenvalue weighted by Crippen LogP contribution is -2.49. The number of hydrogen-bond donors (Lipinski definition) is 3. The lowest BCUT2D eigenvalue weighted by molar-refractivity contribution is -0.387. The van der Waals surface area contributed by atoms with Crippen LogP contribution >= 0.6 is 0 Å². The van der Waals surface area contributed by atoms with Crippen molar-refractivity contribution in [3.63, 3.8) is 0 Å². The average molecular weight is 441 g/mol. The van der Waals surface area contributed by atoms with Crippen molar-refractivity contribution in [2.45, 2.75) is 17.4 Å². The van der Waals surface area contributed by atoms with Gasteiger partial charge in [0.05, 0.1) is 10.6 Å². The van der Waals surface area contributed by atoms with E-state index in [1.165, 1.54) is 18.2 Å². The van der Waals surface area contributed by atoms with E-state index < -0.39 is 33.6 Å². The van der Waals surface area contributed by atoms with E-state index in [0.29, 0.717) is 11.7 Å². The van der Waals surface area contributed by atoms with E-state index in [2.05, 4.69) is 0 Å². The molecule has 11 heteroatoms. The number of anilines is 1. The molecule has 0 fully saturated rings. The highest BCUT2D eigenvalue weighted by Gasteiger charge is 2.34. The average Bonchev–Trinajstić information content (AvgIpc) is 2.75. The molecule has 158 valence electrons. The van der Waals surface area contributed by atoms with Gasteiger partial charge in [0.25, 0.3) is 15.7 Å². The van der Waals surface area contributed by atoms with Gasteiger partial charge < -0.3 is 15.3 Å². The van der Waals surface area contributed by atoms with Crippen LogP contribution in [0.25, 0.3) is 0 Å². The molecule has 29 heavy (non-hydrogen) atoms. The van der Waals surface area contributed by atoms with E-state index in [1.54, 1.807) is 30.3 Å². The van der Waals surface area contributed by atoms with Crippen molar-refractivity contribution >= 4 is 29.5 Å².